The molecule has 0 amide bonds. The van der Waals surface area contributed by atoms with Gasteiger partial charge in [-0.2, -0.15) is 0 Å². The van der Waals surface area contributed by atoms with E-state index < -0.39 is 0 Å². The maximum absolute atomic E-state index is 13.1. The van der Waals surface area contributed by atoms with Crippen molar-refractivity contribution >= 4 is 11.6 Å². The Balaban J connectivity index is 2.38. The Bertz CT molecular complexity index is 553. The average Bonchev–Trinajstić information content (AvgIpc) is 2.85. The third-order valence-corrected chi connectivity index (χ3v) is 3.32. The fraction of sp³-hybridized carbons (Fsp3) is 0.333. The van der Waals surface area contributed by atoms with E-state index in [1.54, 1.807) is 6.07 Å². The molecule has 1 atom stereocenters. The second-order valence-electron chi connectivity index (χ2n) is 4.31. The normalized spacial score (nSPS) is 12.6. The molecule has 0 bridgehead atoms. The van der Waals surface area contributed by atoms with Crippen molar-refractivity contribution in [2.45, 2.75) is 26.3 Å². The number of halogens is 2. The first-order valence-corrected chi connectivity index (χ1v) is 6.80. The van der Waals surface area contributed by atoms with Gasteiger partial charge in [0.05, 0.1) is 6.04 Å². The van der Waals surface area contributed by atoms with Crippen molar-refractivity contribution in [3.8, 4) is 0 Å². The van der Waals surface area contributed by atoms with E-state index in [9.17, 15) is 4.39 Å². The van der Waals surface area contributed by atoms with Crippen LogP contribution in [0.5, 0.6) is 0 Å². The first-order valence-electron chi connectivity index (χ1n) is 6.42. The Hall–Kier alpha value is -1.32. The van der Waals surface area contributed by atoms with Gasteiger partial charge in [0.2, 0.25) is 0 Å². The molecule has 2 nitrogen and oxygen atoms in total. The van der Waals surface area contributed by atoms with Crippen LogP contribution < -0.4 is 5.32 Å². The molecular formula is C15H17ClFNO. The summed E-state index contributed by atoms with van der Waals surface area (Å²) in [7, 11) is 0. The second-order valence-corrected chi connectivity index (χ2v) is 4.72. The molecule has 1 aromatic heterocycles. The lowest BCUT2D eigenvalue weighted by Crippen LogP contribution is -2.21. The molecule has 1 unspecified atom stereocenters. The Kier molecular flexibility index (Phi) is 4.61. The van der Waals surface area contributed by atoms with Gasteiger partial charge in [0, 0.05) is 11.4 Å². The van der Waals surface area contributed by atoms with E-state index in [1.807, 2.05) is 26.0 Å². The summed E-state index contributed by atoms with van der Waals surface area (Å²) in [5, 5.41) is 3.72. The lowest BCUT2D eigenvalue weighted by atomic mass is 10.0. The van der Waals surface area contributed by atoms with Crippen molar-refractivity contribution in [3.63, 3.8) is 0 Å². The van der Waals surface area contributed by atoms with E-state index in [4.69, 9.17) is 16.0 Å². The second kappa shape index (κ2) is 6.22. The maximum atomic E-state index is 13.1. The van der Waals surface area contributed by atoms with Crippen molar-refractivity contribution in [2.24, 2.45) is 0 Å². The standard InChI is InChI=1S/C15H17ClFNO/c1-3-11-6-8-14(19-11)15(18-4-2)12-7-5-10(17)9-13(12)16/h5-9,15,18H,3-4H2,1-2H3. The Morgan fingerprint density at radius 3 is 2.63 bits per heavy atom. The van der Waals surface area contributed by atoms with Gasteiger partial charge in [0.25, 0.3) is 0 Å². The summed E-state index contributed by atoms with van der Waals surface area (Å²) in [6.07, 6.45) is 0.843. The molecule has 102 valence electrons. The van der Waals surface area contributed by atoms with Crippen LogP contribution in [0.2, 0.25) is 5.02 Å². The first kappa shape index (κ1) is 14.1. The highest BCUT2D eigenvalue weighted by atomic mass is 35.5. The van der Waals surface area contributed by atoms with Gasteiger partial charge in [0.1, 0.15) is 17.3 Å². The fourth-order valence-corrected chi connectivity index (χ4v) is 2.32. The monoisotopic (exact) mass is 281 g/mol. The minimum absolute atomic E-state index is 0.154. The molecule has 1 heterocycles. The molecule has 0 aliphatic carbocycles. The summed E-state index contributed by atoms with van der Waals surface area (Å²) < 4.78 is 18.9. The molecule has 1 N–H and O–H groups in total. The minimum atomic E-state index is -0.335. The molecule has 0 aliphatic heterocycles. The zero-order valence-electron chi connectivity index (χ0n) is 11.0. The van der Waals surface area contributed by atoms with Crippen LogP contribution in [-0.4, -0.2) is 6.54 Å². The number of aryl methyl sites for hydroxylation is 1. The molecule has 0 aliphatic rings. The number of hydrogen-bond donors (Lipinski definition) is 1. The first-order chi connectivity index (χ1) is 9.15. The maximum Gasteiger partial charge on any atom is 0.125 e. The van der Waals surface area contributed by atoms with Gasteiger partial charge in [-0.3, -0.25) is 0 Å². The van der Waals surface area contributed by atoms with Crippen LogP contribution in [0.15, 0.2) is 34.7 Å². The van der Waals surface area contributed by atoms with Gasteiger partial charge in [-0.15, -0.1) is 0 Å². The summed E-state index contributed by atoms with van der Waals surface area (Å²) in [4.78, 5) is 0. The predicted octanol–water partition coefficient (Wildman–Crippen LogP) is 4.33. The van der Waals surface area contributed by atoms with Gasteiger partial charge in [0.15, 0.2) is 0 Å². The van der Waals surface area contributed by atoms with E-state index in [0.717, 1.165) is 30.0 Å². The van der Waals surface area contributed by atoms with E-state index in [2.05, 4.69) is 5.32 Å². The molecule has 19 heavy (non-hydrogen) atoms. The van der Waals surface area contributed by atoms with Crippen LogP contribution in [0, 0.1) is 5.82 Å². The highest BCUT2D eigenvalue weighted by Crippen LogP contribution is 2.30. The van der Waals surface area contributed by atoms with E-state index in [0.29, 0.717) is 5.02 Å². The third-order valence-electron chi connectivity index (χ3n) is 3.00. The van der Waals surface area contributed by atoms with Crippen LogP contribution in [0.25, 0.3) is 0 Å². The fourth-order valence-electron chi connectivity index (χ4n) is 2.04. The molecule has 0 fully saturated rings. The van der Waals surface area contributed by atoms with E-state index in [1.165, 1.54) is 12.1 Å². The summed E-state index contributed by atoms with van der Waals surface area (Å²) in [6.45, 7) is 4.81. The Labute approximate surface area is 117 Å². The van der Waals surface area contributed by atoms with Gasteiger partial charge < -0.3 is 9.73 Å². The molecule has 2 aromatic rings. The largest absolute Gasteiger partial charge is 0.464 e. The summed E-state index contributed by atoms with van der Waals surface area (Å²) in [5.41, 5.74) is 0.821. The molecule has 0 saturated carbocycles. The molecule has 2 rings (SSSR count). The van der Waals surface area contributed by atoms with Crippen molar-refractivity contribution in [2.75, 3.05) is 6.54 Å². The number of nitrogens with one attached hydrogen (secondary N) is 1. The zero-order chi connectivity index (χ0) is 13.8. The summed E-state index contributed by atoms with van der Waals surface area (Å²) in [5.74, 6) is 1.39. The average molecular weight is 282 g/mol. The topological polar surface area (TPSA) is 25.2 Å². The van der Waals surface area contributed by atoms with Crippen molar-refractivity contribution < 1.29 is 8.81 Å². The zero-order valence-corrected chi connectivity index (χ0v) is 11.8. The number of rotatable bonds is 5. The smallest absolute Gasteiger partial charge is 0.125 e. The highest BCUT2D eigenvalue weighted by Gasteiger charge is 2.19. The molecular weight excluding hydrogens is 265 g/mol. The van der Waals surface area contributed by atoms with Gasteiger partial charge in [-0.05, 0) is 36.4 Å². The molecule has 0 saturated heterocycles. The van der Waals surface area contributed by atoms with Crippen molar-refractivity contribution in [3.05, 3.63) is 58.3 Å². The van der Waals surface area contributed by atoms with Gasteiger partial charge >= 0.3 is 0 Å². The van der Waals surface area contributed by atoms with Crippen molar-refractivity contribution in [1.29, 1.82) is 0 Å². The minimum Gasteiger partial charge on any atom is -0.464 e. The molecule has 1 aromatic carbocycles. The van der Waals surface area contributed by atoms with Crippen LogP contribution in [0.4, 0.5) is 4.39 Å². The van der Waals surface area contributed by atoms with Crippen LogP contribution in [0.1, 0.15) is 37.0 Å². The van der Waals surface area contributed by atoms with Crippen molar-refractivity contribution in [1.82, 2.24) is 5.32 Å². The summed E-state index contributed by atoms with van der Waals surface area (Å²) in [6, 6.07) is 8.17. The Morgan fingerprint density at radius 1 is 1.26 bits per heavy atom. The highest BCUT2D eigenvalue weighted by molar-refractivity contribution is 6.31. The third kappa shape index (κ3) is 3.17. The van der Waals surface area contributed by atoms with Crippen LogP contribution in [-0.2, 0) is 6.42 Å². The number of benzene rings is 1. The van der Waals surface area contributed by atoms with E-state index >= 15 is 0 Å². The lowest BCUT2D eigenvalue weighted by molar-refractivity contribution is 0.425. The molecule has 0 spiro atoms. The Morgan fingerprint density at radius 2 is 2.05 bits per heavy atom. The number of furan rings is 1. The molecule has 4 heteroatoms. The van der Waals surface area contributed by atoms with Gasteiger partial charge in [-0.25, -0.2) is 4.39 Å². The number of hydrogen-bond acceptors (Lipinski definition) is 2. The molecule has 0 radical (unpaired) electrons. The SMILES string of the molecule is CCNC(c1ccc(CC)o1)c1ccc(F)cc1Cl. The summed E-state index contributed by atoms with van der Waals surface area (Å²) >= 11 is 6.13. The van der Waals surface area contributed by atoms with Gasteiger partial charge in [-0.1, -0.05) is 31.5 Å². The quantitative estimate of drug-likeness (QED) is 0.882. The van der Waals surface area contributed by atoms with Crippen LogP contribution in [0.3, 0.4) is 0 Å². The van der Waals surface area contributed by atoms with E-state index in [-0.39, 0.29) is 11.9 Å². The lowest BCUT2D eigenvalue weighted by Gasteiger charge is -2.17. The predicted molar refractivity (Wildman–Crippen MR) is 75.0 cm³/mol. The van der Waals surface area contributed by atoms with Crippen LogP contribution >= 0.6 is 11.6 Å².